The van der Waals surface area contributed by atoms with Crippen LogP contribution in [0.3, 0.4) is 0 Å². The lowest BCUT2D eigenvalue weighted by Crippen LogP contribution is -2.74. The van der Waals surface area contributed by atoms with E-state index in [-0.39, 0.29) is 13.2 Å². The number of halogens is 17. The van der Waals surface area contributed by atoms with Crippen LogP contribution in [0.5, 0.6) is 0 Å². The summed E-state index contributed by atoms with van der Waals surface area (Å²) in [5.41, 5.74) is 0. The lowest BCUT2D eigenvalue weighted by atomic mass is 9.88. The van der Waals surface area contributed by atoms with Crippen LogP contribution in [0.1, 0.15) is 20.3 Å². The minimum Gasteiger partial charge on any atom is -0.397 e. The van der Waals surface area contributed by atoms with E-state index in [2.05, 4.69) is 0 Å². The monoisotopic (exact) mass is 566 g/mol. The summed E-state index contributed by atoms with van der Waals surface area (Å²) in [6.07, 6.45) is -10.3. The van der Waals surface area contributed by atoms with Gasteiger partial charge < -0.3 is 8.85 Å². The van der Waals surface area contributed by atoms with Crippen LogP contribution >= 0.6 is 0 Å². The molecule has 0 unspecified atom stereocenters. The average molecular weight is 566 g/mol. The highest BCUT2D eigenvalue weighted by molar-refractivity contribution is 6.44. The van der Waals surface area contributed by atoms with Gasteiger partial charge in [0.25, 0.3) is 0 Å². The quantitative estimate of drug-likeness (QED) is 0.183. The predicted molar refractivity (Wildman–Crippen MR) is 80.5 cm³/mol. The Morgan fingerprint density at radius 3 is 1.06 bits per heavy atom. The van der Waals surface area contributed by atoms with E-state index in [1.165, 1.54) is 13.8 Å². The van der Waals surface area contributed by atoms with Gasteiger partial charge in [-0.3, -0.25) is 0 Å². The minimum absolute atomic E-state index is 0.290. The van der Waals surface area contributed by atoms with Crippen molar-refractivity contribution in [2.24, 2.45) is 0 Å². The van der Waals surface area contributed by atoms with Crippen molar-refractivity contribution in [1.29, 1.82) is 0 Å². The summed E-state index contributed by atoms with van der Waals surface area (Å²) in [5.74, 6) is -56.2. The normalized spacial score (nSPS) is 15.9. The molecule has 0 N–H and O–H groups in total. The highest BCUT2D eigenvalue weighted by Crippen LogP contribution is 2.64. The lowest BCUT2D eigenvalue weighted by molar-refractivity contribution is -0.461. The Bertz CT molecular complexity index is 670. The fourth-order valence-corrected chi connectivity index (χ4v) is 4.01. The molecule has 0 aliphatic heterocycles. The fraction of sp³-hybridized carbons (Fsp3) is 1.00. The van der Waals surface area contributed by atoms with Crippen molar-refractivity contribution < 1.29 is 83.5 Å². The smallest absolute Gasteiger partial charge is 0.397 e. The van der Waals surface area contributed by atoms with E-state index in [9.17, 15) is 74.6 Å². The van der Waals surface area contributed by atoms with Crippen LogP contribution in [0.2, 0.25) is 6.04 Å². The number of hydrogen-bond acceptors (Lipinski definition) is 2. The molecule has 0 aliphatic rings. The van der Waals surface area contributed by atoms with Gasteiger partial charge in [-0.15, -0.1) is 0 Å². The zero-order valence-electron chi connectivity index (χ0n) is 16.6. The first kappa shape index (κ1) is 32.9. The highest BCUT2D eigenvalue weighted by atomic mass is 28.3. The molecule has 0 spiro atoms. The predicted octanol–water partition coefficient (Wildman–Crippen LogP) is 6.68. The molecule has 0 aliphatic carbocycles. The highest BCUT2D eigenvalue weighted by Gasteiger charge is 2.95. The van der Waals surface area contributed by atoms with Crippen LogP contribution in [0.25, 0.3) is 0 Å². The summed E-state index contributed by atoms with van der Waals surface area (Å²) >= 11 is 0. The second-order valence-electron chi connectivity index (χ2n) is 6.53. The fourth-order valence-electron chi connectivity index (χ4n) is 2.24. The zero-order chi connectivity index (χ0) is 27.8. The molecule has 0 radical (unpaired) electrons. The topological polar surface area (TPSA) is 18.5 Å². The number of rotatable bonds is 13. The van der Waals surface area contributed by atoms with Crippen molar-refractivity contribution in [2.45, 2.75) is 73.9 Å². The summed E-state index contributed by atoms with van der Waals surface area (Å²) in [7, 11) is -3.34. The van der Waals surface area contributed by atoms with Crippen molar-refractivity contribution in [3.8, 4) is 0 Å². The van der Waals surface area contributed by atoms with E-state index >= 15 is 0 Å². The third-order valence-electron chi connectivity index (χ3n) is 4.19. The maximum Gasteiger partial charge on any atom is 0.460 e. The van der Waals surface area contributed by atoms with Gasteiger partial charge >= 0.3 is 56.9 Å². The van der Waals surface area contributed by atoms with Crippen molar-refractivity contribution in [3.63, 3.8) is 0 Å². The third kappa shape index (κ3) is 5.08. The Morgan fingerprint density at radius 1 is 0.471 bits per heavy atom. The first-order valence-electron chi connectivity index (χ1n) is 8.69. The summed E-state index contributed by atoms with van der Waals surface area (Å²) in [6.45, 7) is 1.89. The molecule has 0 aromatic heterocycles. The number of alkyl halides is 17. The maximum atomic E-state index is 13.8. The molecule has 0 saturated heterocycles. The lowest BCUT2D eigenvalue weighted by Gasteiger charge is -2.42. The second kappa shape index (κ2) is 9.77. The molecule has 0 fully saturated rings. The van der Waals surface area contributed by atoms with E-state index < -0.39 is 69.4 Å². The standard InChI is InChI=1S/C14H15F17O2Si/c1-3-32-34(33-4-2)6-5-7(15,16)8(17,18)9(19,20)10(21,22)11(23,24)12(25,26)13(27,28)14(29,30)31/h34H,3-6H2,1-2H3. The SMILES string of the molecule is CCO[SiH](CCC(F)(F)C(F)(F)C(F)(F)C(F)(F)C(F)(F)C(F)(F)C(F)(F)C(F)(F)F)OCC. The first-order chi connectivity index (χ1) is 14.7. The molecular weight excluding hydrogens is 551 g/mol. The Kier molecular flexibility index (Phi) is 9.47. The van der Waals surface area contributed by atoms with E-state index in [0.717, 1.165) is 0 Å². The molecule has 2 nitrogen and oxygen atoms in total. The van der Waals surface area contributed by atoms with Crippen LogP contribution in [-0.2, 0) is 8.85 Å². The molecule has 34 heavy (non-hydrogen) atoms. The molecule has 0 saturated carbocycles. The molecular formula is C14H15F17O2Si. The van der Waals surface area contributed by atoms with Crippen LogP contribution in [0.4, 0.5) is 74.6 Å². The minimum atomic E-state index is -8.62. The average Bonchev–Trinajstić information content (AvgIpc) is 2.64. The van der Waals surface area contributed by atoms with Gasteiger partial charge in [-0.2, -0.15) is 74.6 Å². The van der Waals surface area contributed by atoms with Crippen molar-refractivity contribution in [2.75, 3.05) is 13.2 Å². The zero-order valence-corrected chi connectivity index (χ0v) is 17.8. The van der Waals surface area contributed by atoms with Gasteiger partial charge in [0, 0.05) is 19.6 Å². The van der Waals surface area contributed by atoms with Gasteiger partial charge in [-0.05, 0) is 19.9 Å². The van der Waals surface area contributed by atoms with E-state index in [4.69, 9.17) is 8.85 Å². The molecule has 0 atom stereocenters. The number of hydrogen-bond donors (Lipinski definition) is 0. The van der Waals surface area contributed by atoms with E-state index in [1.54, 1.807) is 0 Å². The van der Waals surface area contributed by atoms with Gasteiger partial charge in [-0.1, -0.05) is 0 Å². The molecule has 0 bridgehead atoms. The van der Waals surface area contributed by atoms with Crippen LogP contribution in [0.15, 0.2) is 0 Å². The molecule has 20 heteroatoms. The van der Waals surface area contributed by atoms with Crippen molar-refractivity contribution in [1.82, 2.24) is 0 Å². The molecule has 0 aromatic carbocycles. The van der Waals surface area contributed by atoms with Crippen LogP contribution in [-0.4, -0.2) is 70.1 Å². The van der Waals surface area contributed by atoms with Crippen LogP contribution in [0, 0.1) is 0 Å². The summed E-state index contributed by atoms with van der Waals surface area (Å²) in [6, 6.07) is -1.34. The van der Waals surface area contributed by atoms with Gasteiger partial charge in [0.05, 0.1) is 0 Å². The maximum absolute atomic E-state index is 13.8. The Labute approximate surface area is 181 Å². The van der Waals surface area contributed by atoms with Gasteiger partial charge in [0.1, 0.15) is 0 Å². The summed E-state index contributed by atoms with van der Waals surface area (Å²) in [5, 5.41) is 0. The largest absolute Gasteiger partial charge is 0.460 e. The Morgan fingerprint density at radius 2 is 0.765 bits per heavy atom. The van der Waals surface area contributed by atoms with Gasteiger partial charge in [0.15, 0.2) is 0 Å². The summed E-state index contributed by atoms with van der Waals surface area (Å²) < 4.78 is 233. The Balaban J connectivity index is 6.39. The molecule has 0 amide bonds. The van der Waals surface area contributed by atoms with Crippen molar-refractivity contribution >= 4 is 9.28 Å². The molecule has 206 valence electrons. The van der Waals surface area contributed by atoms with E-state index in [0.29, 0.717) is 0 Å². The second-order valence-corrected chi connectivity index (χ2v) is 8.63. The molecule has 0 heterocycles. The third-order valence-corrected chi connectivity index (χ3v) is 6.36. The molecule has 0 aromatic rings. The van der Waals surface area contributed by atoms with Crippen LogP contribution < -0.4 is 0 Å². The van der Waals surface area contributed by atoms with Gasteiger partial charge in [0.2, 0.25) is 0 Å². The van der Waals surface area contributed by atoms with E-state index in [1.807, 2.05) is 0 Å². The first-order valence-corrected chi connectivity index (χ1v) is 10.4. The molecule has 0 rings (SSSR count). The summed E-state index contributed by atoms with van der Waals surface area (Å²) in [4.78, 5) is 0. The van der Waals surface area contributed by atoms with Crippen molar-refractivity contribution in [3.05, 3.63) is 0 Å². The Hall–Kier alpha value is -1.05. The van der Waals surface area contributed by atoms with Gasteiger partial charge in [-0.25, -0.2) is 0 Å².